The van der Waals surface area contributed by atoms with Crippen LogP contribution in [0.3, 0.4) is 0 Å². The Kier molecular flexibility index (Phi) is 4.05. The zero-order valence-electron chi connectivity index (χ0n) is 8.42. The number of carbonyl (C=O) groups is 1. The van der Waals surface area contributed by atoms with Gasteiger partial charge in [-0.1, -0.05) is 6.07 Å². The molecule has 0 saturated heterocycles. The van der Waals surface area contributed by atoms with E-state index in [0.29, 0.717) is 6.54 Å². The summed E-state index contributed by atoms with van der Waals surface area (Å²) in [6.07, 6.45) is 0.793. The maximum atomic E-state index is 11.2. The molecule has 0 aliphatic carbocycles. The maximum Gasteiger partial charge on any atom is 0.332 e. The van der Waals surface area contributed by atoms with Crippen LogP contribution in [0.1, 0.15) is 6.92 Å². The summed E-state index contributed by atoms with van der Waals surface area (Å²) in [4.78, 5) is 21.6. The fourth-order valence-electron chi connectivity index (χ4n) is 1.04. The third kappa shape index (κ3) is 3.55. The number of aromatic nitrogens is 1. The molecule has 0 unspecified atom stereocenters. The number of carboxylic acids is 1. The van der Waals surface area contributed by atoms with Crippen LogP contribution in [0.2, 0.25) is 0 Å². The molecule has 0 radical (unpaired) electrons. The Bertz CT molecular complexity index is 385. The first-order chi connectivity index (χ1) is 7.11. The number of hydrogen-bond acceptors (Lipinski definition) is 3. The molecular formula is C10H13NO4. The zero-order valence-corrected chi connectivity index (χ0v) is 8.42. The summed E-state index contributed by atoms with van der Waals surface area (Å²) < 4.78 is 6.47. The molecule has 5 heteroatoms. The maximum absolute atomic E-state index is 11.2. The second kappa shape index (κ2) is 5.31. The summed E-state index contributed by atoms with van der Waals surface area (Å²) in [6, 6.07) is 4.84. The van der Waals surface area contributed by atoms with Gasteiger partial charge in [0.05, 0.1) is 6.61 Å². The average molecular weight is 211 g/mol. The van der Waals surface area contributed by atoms with Gasteiger partial charge in [-0.2, -0.15) is 0 Å². The normalized spacial score (nSPS) is 12.3. The molecule has 0 aliphatic heterocycles. The molecule has 0 spiro atoms. The third-order valence-electron chi connectivity index (χ3n) is 1.95. The molecule has 82 valence electrons. The standard InChI is InChI=1S/C10H13NO4/c1-8(10(13)14)15-7-6-11-5-3-2-4-9(11)12/h2-5,8H,6-7H2,1H3,(H,13,14)/t8-/m1/s1. The summed E-state index contributed by atoms with van der Waals surface area (Å²) >= 11 is 0. The molecule has 1 N–H and O–H groups in total. The van der Waals surface area contributed by atoms with Crippen LogP contribution in [0.5, 0.6) is 0 Å². The predicted molar refractivity (Wildman–Crippen MR) is 53.8 cm³/mol. The number of aliphatic carboxylic acids is 1. The van der Waals surface area contributed by atoms with E-state index in [-0.39, 0.29) is 12.2 Å². The van der Waals surface area contributed by atoms with E-state index in [1.54, 1.807) is 18.3 Å². The average Bonchev–Trinajstić information content (AvgIpc) is 2.20. The van der Waals surface area contributed by atoms with Crippen molar-refractivity contribution in [3.63, 3.8) is 0 Å². The van der Waals surface area contributed by atoms with E-state index < -0.39 is 12.1 Å². The Morgan fingerprint density at radius 3 is 2.93 bits per heavy atom. The summed E-state index contributed by atoms with van der Waals surface area (Å²) in [7, 11) is 0. The minimum absolute atomic E-state index is 0.121. The Labute approximate surface area is 86.9 Å². The van der Waals surface area contributed by atoms with Gasteiger partial charge in [-0.25, -0.2) is 4.79 Å². The minimum atomic E-state index is -1.00. The van der Waals surface area contributed by atoms with Crippen LogP contribution in [0.15, 0.2) is 29.2 Å². The fraction of sp³-hybridized carbons (Fsp3) is 0.400. The van der Waals surface area contributed by atoms with Crippen molar-refractivity contribution in [3.8, 4) is 0 Å². The summed E-state index contributed by atoms with van der Waals surface area (Å²) in [5.41, 5.74) is -0.121. The largest absolute Gasteiger partial charge is 0.479 e. The smallest absolute Gasteiger partial charge is 0.332 e. The highest BCUT2D eigenvalue weighted by Crippen LogP contribution is 1.91. The van der Waals surface area contributed by atoms with E-state index in [4.69, 9.17) is 9.84 Å². The highest BCUT2D eigenvalue weighted by atomic mass is 16.5. The number of ether oxygens (including phenoxy) is 1. The highest BCUT2D eigenvalue weighted by molar-refractivity contribution is 5.71. The van der Waals surface area contributed by atoms with Crippen LogP contribution in [-0.2, 0) is 16.1 Å². The third-order valence-corrected chi connectivity index (χ3v) is 1.95. The van der Waals surface area contributed by atoms with Gasteiger partial charge in [0.1, 0.15) is 0 Å². The van der Waals surface area contributed by atoms with Crippen molar-refractivity contribution in [2.24, 2.45) is 0 Å². The molecule has 0 aliphatic rings. The molecular weight excluding hydrogens is 198 g/mol. The predicted octanol–water partition coefficient (Wildman–Crippen LogP) is 0.338. The van der Waals surface area contributed by atoms with Crippen molar-refractivity contribution < 1.29 is 14.6 Å². The van der Waals surface area contributed by atoms with Crippen molar-refractivity contribution in [2.75, 3.05) is 6.61 Å². The molecule has 1 rings (SSSR count). The Balaban J connectivity index is 2.42. The van der Waals surface area contributed by atoms with Crippen LogP contribution in [-0.4, -0.2) is 28.4 Å². The van der Waals surface area contributed by atoms with Gasteiger partial charge < -0.3 is 14.4 Å². The van der Waals surface area contributed by atoms with Gasteiger partial charge in [0.15, 0.2) is 6.10 Å². The lowest BCUT2D eigenvalue weighted by Gasteiger charge is -2.09. The summed E-state index contributed by atoms with van der Waals surface area (Å²) in [6.45, 7) is 2.02. The number of pyridine rings is 1. The van der Waals surface area contributed by atoms with Crippen molar-refractivity contribution in [1.29, 1.82) is 0 Å². The van der Waals surface area contributed by atoms with Gasteiger partial charge >= 0.3 is 5.97 Å². The van der Waals surface area contributed by atoms with Gasteiger partial charge in [-0.05, 0) is 13.0 Å². The van der Waals surface area contributed by atoms with Crippen molar-refractivity contribution in [2.45, 2.75) is 19.6 Å². The Hall–Kier alpha value is -1.62. The first-order valence-corrected chi connectivity index (χ1v) is 4.61. The van der Waals surface area contributed by atoms with Crippen molar-refractivity contribution in [3.05, 3.63) is 34.7 Å². The van der Waals surface area contributed by atoms with E-state index in [2.05, 4.69) is 0 Å². The molecule has 0 amide bonds. The Morgan fingerprint density at radius 1 is 1.60 bits per heavy atom. The van der Waals surface area contributed by atoms with Gasteiger partial charge in [0, 0.05) is 18.8 Å². The lowest BCUT2D eigenvalue weighted by Crippen LogP contribution is -2.25. The van der Waals surface area contributed by atoms with E-state index in [1.807, 2.05) is 0 Å². The van der Waals surface area contributed by atoms with E-state index in [0.717, 1.165) is 0 Å². The first-order valence-electron chi connectivity index (χ1n) is 4.61. The van der Waals surface area contributed by atoms with Crippen LogP contribution in [0.4, 0.5) is 0 Å². The number of nitrogens with zero attached hydrogens (tertiary/aromatic N) is 1. The molecule has 1 heterocycles. The van der Waals surface area contributed by atoms with Gasteiger partial charge in [-0.3, -0.25) is 4.79 Å². The van der Waals surface area contributed by atoms with Gasteiger partial charge in [0.25, 0.3) is 5.56 Å². The number of hydrogen-bond donors (Lipinski definition) is 1. The van der Waals surface area contributed by atoms with Gasteiger partial charge in [-0.15, -0.1) is 0 Å². The SMILES string of the molecule is C[C@@H](OCCn1ccccc1=O)C(=O)O. The lowest BCUT2D eigenvalue weighted by atomic mass is 10.4. The minimum Gasteiger partial charge on any atom is -0.479 e. The van der Waals surface area contributed by atoms with E-state index >= 15 is 0 Å². The molecule has 1 aromatic rings. The van der Waals surface area contributed by atoms with Crippen LogP contribution in [0.25, 0.3) is 0 Å². The number of rotatable bonds is 5. The van der Waals surface area contributed by atoms with Crippen molar-refractivity contribution in [1.82, 2.24) is 4.57 Å². The second-order valence-electron chi connectivity index (χ2n) is 3.08. The summed E-state index contributed by atoms with van der Waals surface area (Å²) in [5.74, 6) is -1.00. The fourth-order valence-corrected chi connectivity index (χ4v) is 1.04. The molecule has 0 aromatic carbocycles. The number of carboxylic acid groups (broad SMARTS) is 1. The van der Waals surface area contributed by atoms with E-state index in [9.17, 15) is 9.59 Å². The molecule has 0 bridgehead atoms. The Morgan fingerprint density at radius 2 is 2.33 bits per heavy atom. The quantitative estimate of drug-likeness (QED) is 0.762. The zero-order chi connectivity index (χ0) is 11.3. The molecule has 1 atom stereocenters. The lowest BCUT2D eigenvalue weighted by molar-refractivity contribution is -0.149. The molecule has 0 saturated carbocycles. The van der Waals surface area contributed by atoms with Crippen LogP contribution >= 0.6 is 0 Å². The molecule has 1 aromatic heterocycles. The van der Waals surface area contributed by atoms with E-state index in [1.165, 1.54) is 17.6 Å². The first kappa shape index (κ1) is 11.5. The van der Waals surface area contributed by atoms with Crippen LogP contribution < -0.4 is 5.56 Å². The van der Waals surface area contributed by atoms with Gasteiger partial charge in [0.2, 0.25) is 0 Å². The highest BCUT2D eigenvalue weighted by Gasteiger charge is 2.10. The summed E-state index contributed by atoms with van der Waals surface area (Å²) in [5, 5.41) is 8.54. The topological polar surface area (TPSA) is 68.5 Å². The molecule has 0 fully saturated rings. The van der Waals surface area contributed by atoms with Crippen molar-refractivity contribution >= 4 is 5.97 Å². The molecule has 5 nitrogen and oxygen atoms in total. The second-order valence-corrected chi connectivity index (χ2v) is 3.08. The molecule has 15 heavy (non-hydrogen) atoms. The van der Waals surface area contributed by atoms with Crippen LogP contribution in [0, 0.1) is 0 Å². The monoisotopic (exact) mass is 211 g/mol.